The molecular formula is C21H24N2O4. The number of rotatable bonds is 5. The van der Waals surface area contributed by atoms with E-state index in [1.807, 2.05) is 0 Å². The molecule has 6 heteroatoms. The van der Waals surface area contributed by atoms with Crippen LogP contribution in [0.3, 0.4) is 0 Å². The first kappa shape index (κ1) is 17.8. The summed E-state index contributed by atoms with van der Waals surface area (Å²) in [6.45, 7) is 0.574. The topological polar surface area (TPSA) is 75.7 Å². The van der Waals surface area contributed by atoms with Crippen LogP contribution in [0.25, 0.3) is 0 Å². The zero-order valence-electron chi connectivity index (χ0n) is 15.3. The van der Waals surface area contributed by atoms with Gasteiger partial charge in [0, 0.05) is 18.5 Å². The van der Waals surface area contributed by atoms with E-state index in [2.05, 4.69) is 11.4 Å². The Balaban J connectivity index is 1.43. The number of nitrogens with zero attached hydrogens (tertiary/aromatic N) is 1. The Bertz CT molecular complexity index is 801. The van der Waals surface area contributed by atoms with Crippen LogP contribution in [-0.4, -0.2) is 35.3 Å². The molecule has 142 valence electrons. The van der Waals surface area contributed by atoms with Gasteiger partial charge in [-0.05, 0) is 44.6 Å². The summed E-state index contributed by atoms with van der Waals surface area (Å²) in [4.78, 5) is 38.7. The Hall–Kier alpha value is -2.63. The van der Waals surface area contributed by atoms with Crippen LogP contribution in [0.2, 0.25) is 0 Å². The van der Waals surface area contributed by atoms with E-state index in [0.29, 0.717) is 30.5 Å². The molecular weight excluding hydrogens is 344 g/mol. The van der Waals surface area contributed by atoms with E-state index in [0.717, 1.165) is 19.3 Å². The fourth-order valence-electron chi connectivity index (χ4n) is 4.18. The van der Waals surface area contributed by atoms with Crippen molar-refractivity contribution in [3.05, 3.63) is 47.0 Å². The summed E-state index contributed by atoms with van der Waals surface area (Å²) in [5.41, 5.74) is 2.52. The lowest BCUT2D eigenvalue weighted by Gasteiger charge is -2.29. The molecule has 1 N–H and O–H groups in total. The van der Waals surface area contributed by atoms with Gasteiger partial charge in [0.25, 0.3) is 0 Å². The molecule has 27 heavy (non-hydrogen) atoms. The standard InChI is InChI=1S/C21H24N2O4/c24-18-11-10-17(19(25)22-13-12-14-6-2-1-3-7-14)23(18)20-15-8-4-5-9-16(15)21(26)27-20/h4-6,8-9,17,20H,1-3,7,10-13H2,(H,22,25)/t17-,20-/m0/s1. The molecule has 1 aromatic rings. The number of carbonyl (C=O) groups is 3. The number of likely N-dealkylation sites (tertiary alicyclic amines) is 1. The summed E-state index contributed by atoms with van der Waals surface area (Å²) in [6.07, 6.45) is 7.76. The first-order valence-electron chi connectivity index (χ1n) is 9.72. The van der Waals surface area contributed by atoms with Crippen molar-refractivity contribution < 1.29 is 19.1 Å². The van der Waals surface area contributed by atoms with Crippen LogP contribution in [-0.2, 0) is 14.3 Å². The molecule has 1 fully saturated rings. The molecule has 2 atom stereocenters. The molecule has 2 aliphatic heterocycles. The third-order valence-corrected chi connectivity index (χ3v) is 5.61. The molecule has 0 saturated carbocycles. The lowest BCUT2D eigenvalue weighted by molar-refractivity contribution is -0.145. The maximum absolute atomic E-state index is 12.7. The van der Waals surface area contributed by atoms with Crippen molar-refractivity contribution in [2.24, 2.45) is 0 Å². The van der Waals surface area contributed by atoms with E-state index in [1.165, 1.54) is 23.3 Å². The van der Waals surface area contributed by atoms with Gasteiger partial charge >= 0.3 is 5.97 Å². The number of allylic oxidation sites excluding steroid dienone is 1. The van der Waals surface area contributed by atoms with Gasteiger partial charge in [-0.15, -0.1) is 0 Å². The fraction of sp³-hybridized carbons (Fsp3) is 0.476. The summed E-state index contributed by atoms with van der Waals surface area (Å²) in [6, 6.07) is 6.44. The minimum Gasteiger partial charge on any atom is -0.433 e. The fourth-order valence-corrected chi connectivity index (χ4v) is 4.18. The number of nitrogens with one attached hydrogen (secondary N) is 1. The molecule has 6 nitrogen and oxygen atoms in total. The minimum absolute atomic E-state index is 0.153. The smallest absolute Gasteiger partial charge is 0.340 e. The number of esters is 1. The van der Waals surface area contributed by atoms with E-state index in [4.69, 9.17) is 4.74 Å². The van der Waals surface area contributed by atoms with E-state index in [-0.39, 0.29) is 11.8 Å². The average Bonchev–Trinajstić information content (AvgIpc) is 3.23. The first-order valence-corrected chi connectivity index (χ1v) is 9.72. The highest BCUT2D eigenvalue weighted by molar-refractivity contribution is 5.96. The van der Waals surface area contributed by atoms with Crippen LogP contribution >= 0.6 is 0 Å². The molecule has 1 saturated heterocycles. The molecule has 0 bridgehead atoms. The number of cyclic esters (lactones) is 1. The summed E-state index contributed by atoms with van der Waals surface area (Å²) in [5, 5.41) is 2.97. The summed E-state index contributed by atoms with van der Waals surface area (Å²) in [7, 11) is 0. The SMILES string of the molecule is O=C1O[C@H](N2C(=O)CC[C@H]2C(=O)NCCC2=CCCCC2)c2ccccc21. The number of amides is 2. The molecule has 0 spiro atoms. The van der Waals surface area contributed by atoms with Crippen LogP contribution in [0.1, 0.15) is 67.1 Å². The van der Waals surface area contributed by atoms with Gasteiger partial charge in [0.2, 0.25) is 18.0 Å². The predicted molar refractivity (Wildman–Crippen MR) is 98.6 cm³/mol. The highest BCUT2D eigenvalue weighted by Gasteiger charge is 2.46. The van der Waals surface area contributed by atoms with Crippen molar-refractivity contribution >= 4 is 17.8 Å². The van der Waals surface area contributed by atoms with Crippen molar-refractivity contribution in [3.8, 4) is 0 Å². The second-order valence-corrected chi connectivity index (χ2v) is 7.35. The van der Waals surface area contributed by atoms with Gasteiger partial charge < -0.3 is 10.1 Å². The Morgan fingerprint density at radius 1 is 1.19 bits per heavy atom. The third-order valence-electron chi connectivity index (χ3n) is 5.61. The maximum Gasteiger partial charge on any atom is 0.340 e. The van der Waals surface area contributed by atoms with Gasteiger partial charge in [-0.25, -0.2) is 4.79 Å². The van der Waals surface area contributed by atoms with Crippen molar-refractivity contribution in [1.29, 1.82) is 0 Å². The number of hydrogen-bond donors (Lipinski definition) is 1. The number of hydrogen-bond acceptors (Lipinski definition) is 4. The lowest BCUT2D eigenvalue weighted by atomic mass is 9.97. The Morgan fingerprint density at radius 3 is 2.85 bits per heavy atom. The molecule has 2 heterocycles. The van der Waals surface area contributed by atoms with Crippen molar-refractivity contribution in [2.75, 3.05) is 6.54 Å². The Morgan fingerprint density at radius 2 is 2.04 bits per heavy atom. The number of ether oxygens (including phenoxy) is 1. The first-order chi connectivity index (χ1) is 13.1. The summed E-state index contributed by atoms with van der Waals surface area (Å²) in [5.74, 6) is -0.768. The molecule has 0 radical (unpaired) electrons. The summed E-state index contributed by atoms with van der Waals surface area (Å²) < 4.78 is 5.44. The highest BCUT2D eigenvalue weighted by atomic mass is 16.6. The molecule has 0 aromatic heterocycles. The van der Waals surface area contributed by atoms with E-state index in [1.54, 1.807) is 24.3 Å². The number of carbonyl (C=O) groups excluding carboxylic acids is 3. The van der Waals surface area contributed by atoms with E-state index >= 15 is 0 Å². The van der Waals surface area contributed by atoms with Crippen LogP contribution in [0.15, 0.2) is 35.9 Å². The van der Waals surface area contributed by atoms with E-state index < -0.39 is 18.2 Å². The van der Waals surface area contributed by atoms with Crippen molar-refractivity contribution in [3.63, 3.8) is 0 Å². The van der Waals surface area contributed by atoms with Gasteiger partial charge in [-0.1, -0.05) is 29.8 Å². The Kier molecular flexibility index (Phi) is 4.97. The molecule has 4 rings (SSSR count). The van der Waals surface area contributed by atoms with Gasteiger partial charge in [0.1, 0.15) is 6.04 Å². The van der Waals surface area contributed by atoms with Gasteiger partial charge in [-0.2, -0.15) is 0 Å². The zero-order chi connectivity index (χ0) is 18.8. The monoisotopic (exact) mass is 368 g/mol. The molecule has 2 amide bonds. The largest absolute Gasteiger partial charge is 0.433 e. The number of benzene rings is 1. The highest BCUT2D eigenvalue weighted by Crippen LogP contribution is 2.38. The zero-order valence-corrected chi connectivity index (χ0v) is 15.3. The third kappa shape index (κ3) is 3.48. The van der Waals surface area contributed by atoms with Gasteiger partial charge in [0.15, 0.2) is 0 Å². The second kappa shape index (κ2) is 7.55. The van der Waals surface area contributed by atoms with Crippen LogP contribution < -0.4 is 5.32 Å². The van der Waals surface area contributed by atoms with Gasteiger partial charge in [0.05, 0.1) is 5.56 Å². The van der Waals surface area contributed by atoms with Crippen LogP contribution in [0.4, 0.5) is 0 Å². The Labute approximate surface area is 158 Å². The normalized spacial score (nSPS) is 24.4. The molecule has 1 aromatic carbocycles. The minimum atomic E-state index is -0.805. The predicted octanol–water partition coefficient (Wildman–Crippen LogP) is 2.85. The quantitative estimate of drug-likeness (QED) is 0.640. The second-order valence-electron chi connectivity index (χ2n) is 7.35. The van der Waals surface area contributed by atoms with Crippen molar-refractivity contribution in [2.45, 2.75) is 57.2 Å². The molecule has 3 aliphatic rings. The summed E-state index contributed by atoms with van der Waals surface area (Å²) >= 11 is 0. The van der Waals surface area contributed by atoms with Crippen LogP contribution in [0, 0.1) is 0 Å². The lowest BCUT2D eigenvalue weighted by Crippen LogP contribution is -2.46. The molecule has 1 aliphatic carbocycles. The van der Waals surface area contributed by atoms with E-state index in [9.17, 15) is 14.4 Å². The molecule has 0 unspecified atom stereocenters. The average molecular weight is 368 g/mol. The maximum atomic E-state index is 12.7. The van der Waals surface area contributed by atoms with Crippen molar-refractivity contribution in [1.82, 2.24) is 10.2 Å². The number of fused-ring (bicyclic) bond motifs is 1. The van der Waals surface area contributed by atoms with Gasteiger partial charge in [-0.3, -0.25) is 14.5 Å². The van der Waals surface area contributed by atoms with Crippen LogP contribution in [0.5, 0.6) is 0 Å².